The van der Waals surface area contributed by atoms with Gasteiger partial charge >= 0.3 is 0 Å². The van der Waals surface area contributed by atoms with Crippen LogP contribution in [0.3, 0.4) is 0 Å². The first kappa shape index (κ1) is 19.4. The molecule has 2 aromatic carbocycles. The summed E-state index contributed by atoms with van der Waals surface area (Å²) in [6.45, 7) is 1.93. The molecule has 1 aromatic heterocycles. The SMILES string of the molecule is C[C@H](c1nc2ccccc2c(=O)[nH]1)N(C)CC(=O)Nc1c(Cl)cccc1Cl. The Kier molecular flexibility index (Phi) is 5.79. The van der Waals surface area contributed by atoms with Gasteiger partial charge in [-0.05, 0) is 38.2 Å². The first-order chi connectivity index (χ1) is 12.9. The minimum Gasteiger partial charge on any atom is -0.322 e. The van der Waals surface area contributed by atoms with Crippen molar-refractivity contribution >= 4 is 45.7 Å². The minimum atomic E-state index is -0.283. The van der Waals surface area contributed by atoms with Gasteiger partial charge in [-0.2, -0.15) is 0 Å². The molecule has 3 aromatic rings. The largest absolute Gasteiger partial charge is 0.322 e. The summed E-state index contributed by atoms with van der Waals surface area (Å²) in [6.07, 6.45) is 0. The Balaban J connectivity index is 1.75. The lowest BCUT2D eigenvalue weighted by Gasteiger charge is -2.23. The second-order valence-electron chi connectivity index (χ2n) is 6.20. The second kappa shape index (κ2) is 8.08. The van der Waals surface area contributed by atoms with E-state index in [4.69, 9.17) is 23.2 Å². The Morgan fingerprint density at radius 3 is 2.56 bits per heavy atom. The zero-order chi connectivity index (χ0) is 19.6. The molecule has 0 radical (unpaired) electrons. The zero-order valence-corrected chi connectivity index (χ0v) is 16.3. The van der Waals surface area contributed by atoms with Gasteiger partial charge < -0.3 is 10.3 Å². The van der Waals surface area contributed by atoms with Gasteiger partial charge in [0.05, 0.1) is 39.2 Å². The van der Waals surface area contributed by atoms with Crippen LogP contribution >= 0.6 is 23.2 Å². The molecule has 1 atom stereocenters. The number of benzene rings is 2. The van der Waals surface area contributed by atoms with Crippen LogP contribution in [0, 0.1) is 0 Å². The van der Waals surface area contributed by atoms with Gasteiger partial charge in [-0.15, -0.1) is 0 Å². The van der Waals surface area contributed by atoms with Crippen LogP contribution in [-0.4, -0.2) is 34.4 Å². The lowest BCUT2D eigenvalue weighted by molar-refractivity contribution is -0.117. The number of likely N-dealkylation sites (N-methyl/N-ethyl adjacent to an activating group) is 1. The first-order valence-electron chi connectivity index (χ1n) is 8.30. The van der Waals surface area contributed by atoms with Gasteiger partial charge in [-0.3, -0.25) is 14.5 Å². The number of rotatable bonds is 5. The molecule has 1 amide bonds. The number of carbonyl (C=O) groups is 1. The highest BCUT2D eigenvalue weighted by molar-refractivity contribution is 6.39. The van der Waals surface area contributed by atoms with E-state index in [0.717, 1.165) is 0 Å². The van der Waals surface area contributed by atoms with Crippen molar-refractivity contribution in [3.8, 4) is 0 Å². The van der Waals surface area contributed by atoms with Crippen LogP contribution in [0.4, 0.5) is 5.69 Å². The fourth-order valence-electron chi connectivity index (χ4n) is 2.67. The van der Waals surface area contributed by atoms with E-state index < -0.39 is 0 Å². The summed E-state index contributed by atoms with van der Waals surface area (Å²) < 4.78 is 0. The average Bonchev–Trinajstić information content (AvgIpc) is 2.64. The number of anilines is 1. The van der Waals surface area contributed by atoms with E-state index in [1.165, 1.54) is 0 Å². The van der Waals surface area contributed by atoms with E-state index in [9.17, 15) is 9.59 Å². The number of amides is 1. The number of hydrogen-bond acceptors (Lipinski definition) is 4. The fourth-order valence-corrected chi connectivity index (χ4v) is 3.16. The molecule has 3 rings (SSSR count). The van der Waals surface area contributed by atoms with Gasteiger partial charge in [0.2, 0.25) is 5.91 Å². The summed E-state index contributed by atoms with van der Waals surface area (Å²) >= 11 is 12.2. The molecule has 0 fully saturated rings. The average molecular weight is 405 g/mol. The number of para-hydroxylation sites is 2. The molecule has 1 heterocycles. The summed E-state index contributed by atoms with van der Waals surface area (Å²) in [6, 6.07) is 11.9. The van der Waals surface area contributed by atoms with Gasteiger partial charge in [0.15, 0.2) is 0 Å². The van der Waals surface area contributed by atoms with Gasteiger partial charge in [-0.1, -0.05) is 41.4 Å². The molecular formula is C19H18Cl2N4O2. The van der Waals surface area contributed by atoms with Crippen LogP contribution in [0.15, 0.2) is 47.3 Å². The van der Waals surface area contributed by atoms with E-state index in [2.05, 4.69) is 15.3 Å². The third-order valence-corrected chi connectivity index (χ3v) is 4.94. The van der Waals surface area contributed by atoms with Crippen molar-refractivity contribution in [2.45, 2.75) is 13.0 Å². The van der Waals surface area contributed by atoms with Crippen LogP contribution in [0.1, 0.15) is 18.8 Å². The van der Waals surface area contributed by atoms with Crippen LogP contribution in [0.5, 0.6) is 0 Å². The molecular weight excluding hydrogens is 387 g/mol. The van der Waals surface area contributed by atoms with Crippen molar-refractivity contribution < 1.29 is 4.79 Å². The van der Waals surface area contributed by atoms with Gasteiger partial charge in [0.1, 0.15) is 5.82 Å². The van der Waals surface area contributed by atoms with Crippen molar-refractivity contribution in [1.82, 2.24) is 14.9 Å². The molecule has 2 N–H and O–H groups in total. The summed E-state index contributed by atoms with van der Waals surface area (Å²) in [7, 11) is 1.77. The molecule has 140 valence electrons. The summed E-state index contributed by atoms with van der Waals surface area (Å²) in [5.41, 5.74) is 0.788. The molecule has 0 bridgehead atoms. The third-order valence-electron chi connectivity index (χ3n) is 4.31. The molecule has 0 spiro atoms. The van der Waals surface area contributed by atoms with Crippen molar-refractivity contribution in [3.05, 3.63) is 68.7 Å². The molecule has 0 saturated carbocycles. The molecule has 27 heavy (non-hydrogen) atoms. The van der Waals surface area contributed by atoms with Crippen molar-refractivity contribution in [2.75, 3.05) is 18.9 Å². The Hall–Kier alpha value is -2.41. The van der Waals surface area contributed by atoms with Gasteiger partial charge in [0.25, 0.3) is 5.56 Å². The van der Waals surface area contributed by atoms with Crippen molar-refractivity contribution in [2.24, 2.45) is 0 Å². The highest BCUT2D eigenvalue weighted by Gasteiger charge is 2.19. The molecule has 8 heteroatoms. The maximum absolute atomic E-state index is 12.4. The predicted molar refractivity (Wildman–Crippen MR) is 109 cm³/mol. The van der Waals surface area contributed by atoms with Crippen LogP contribution in [0.25, 0.3) is 10.9 Å². The third kappa shape index (κ3) is 4.30. The molecule has 0 aliphatic heterocycles. The number of hydrogen-bond donors (Lipinski definition) is 2. The summed E-state index contributed by atoms with van der Waals surface area (Å²) in [4.78, 5) is 33.7. The molecule has 0 unspecified atom stereocenters. The quantitative estimate of drug-likeness (QED) is 0.676. The number of halogens is 2. The maximum atomic E-state index is 12.4. The monoisotopic (exact) mass is 404 g/mol. The Bertz CT molecular complexity index is 1030. The number of fused-ring (bicyclic) bond motifs is 1. The highest BCUT2D eigenvalue weighted by Crippen LogP contribution is 2.29. The molecule has 6 nitrogen and oxygen atoms in total. The van der Waals surface area contributed by atoms with E-state index in [1.54, 1.807) is 48.3 Å². The van der Waals surface area contributed by atoms with Crippen molar-refractivity contribution in [1.29, 1.82) is 0 Å². The Morgan fingerprint density at radius 2 is 1.85 bits per heavy atom. The van der Waals surface area contributed by atoms with Crippen LogP contribution < -0.4 is 10.9 Å². The topological polar surface area (TPSA) is 78.1 Å². The smallest absolute Gasteiger partial charge is 0.258 e. The summed E-state index contributed by atoms with van der Waals surface area (Å²) in [5.74, 6) is 0.215. The zero-order valence-electron chi connectivity index (χ0n) is 14.8. The van der Waals surface area contributed by atoms with E-state index in [-0.39, 0.29) is 24.1 Å². The lowest BCUT2D eigenvalue weighted by atomic mass is 10.2. The van der Waals surface area contributed by atoms with E-state index in [1.807, 2.05) is 13.0 Å². The van der Waals surface area contributed by atoms with Gasteiger partial charge in [-0.25, -0.2) is 4.98 Å². The summed E-state index contributed by atoms with van der Waals surface area (Å²) in [5, 5.41) is 3.99. The fraction of sp³-hybridized carbons (Fsp3) is 0.211. The van der Waals surface area contributed by atoms with Crippen molar-refractivity contribution in [3.63, 3.8) is 0 Å². The molecule has 0 saturated heterocycles. The standard InChI is InChI=1S/C19H18Cl2N4O2/c1-11(18-22-15-9-4-3-6-12(15)19(27)24-18)25(2)10-16(26)23-17-13(20)7-5-8-14(17)21/h3-9,11H,10H2,1-2H3,(H,23,26)(H,22,24,27)/t11-/m1/s1. The Morgan fingerprint density at radius 1 is 1.19 bits per heavy atom. The molecule has 0 aliphatic carbocycles. The number of carbonyl (C=O) groups excluding carboxylic acids is 1. The first-order valence-corrected chi connectivity index (χ1v) is 9.05. The number of aromatic nitrogens is 2. The maximum Gasteiger partial charge on any atom is 0.258 e. The van der Waals surface area contributed by atoms with Crippen LogP contribution in [0.2, 0.25) is 10.0 Å². The highest BCUT2D eigenvalue weighted by atomic mass is 35.5. The minimum absolute atomic E-state index is 0.0687. The second-order valence-corrected chi connectivity index (χ2v) is 7.02. The normalized spacial score (nSPS) is 12.3. The van der Waals surface area contributed by atoms with E-state index >= 15 is 0 Å². The van der Waals surface area contributed by atoms with E-state index in [0.29, 0.717) is 32.5 Å². The Labute approximate surface area is 166 Å². The number of nitrogens with one attached hydrogen (secondary N) is 2. The predicted octanol–water partition coefficient (Wildman–Crippen LogP) is 3.86. The molecule has 0 aliphatic rings. The number of H-pyrrole nitrogens is 1. The number of aromatic amines is 1. The van der Waals surface area contributed by atoms with Crippen LogP contribution in [-0.2, 0) is 4.79 Å². The lowest BCUT2D eigenvalue weighted by Crippen LogP contribution is -2.33. The van der Waals surface area contributed by atoms with Gasteiger partial charge in [0, 0.05) is 0 Å². The number of nitrogens with zero attached hydrogens (tertiary/aromatic N) is 2.